The molecule has 1 aromatic carbocycles. The lowest BCUT2D eigenvalue weighted by Crippen LogP contribution is -2.27. The second kappa shape index (κ2) is 3.84. The smallest absolute Gasteiger partial charge is 0.423 e. The third-order valence-corrected chi connectivity index (χ3v) is 2.11. The summed E-state index contributed by atoms with van der Waals surface area (Å²) in [5, 5.41) is 0. The molecule has 84 valence electrons. The molecule has 0 aliphatic rings. The van der Waals surface area contributed by atoms with Gasteiger partial charge in [0.15, 0.2) is 0 Å². The van der Waals surface area contributed by atoms with Gasteiger partial charge in [0.1, 0.15) is 0 Å². The highest BCUT2D eigenvalue weighted by Crippen LogP contribution is 2.09. The van der Waals surface area contributed by atoms with Crippen molar-refractivity contribution in [1.82, 2.24) is 9.55 Å². The average molecular weight is 220 g/mol. The molecule has 0 atom stereocenters. The van der Waals surface area contributed by atoms with Gasteiger partial charge in [-0.15, -0.1) is 0 Å². The fourth-order valence-corrected chi connectivity index (χ4v) is 1.49. The van der Waals surface area contributed by atoms with Crippen molar-refractivity contribution in [2.75, 3.05) is 0 Å². The second-order valence-electron chi connectivity index (χ2n) is 3.72. The maximum atomic E-state index is 11.7. The molecule has 0 radical (unpaired) electrons. The van der Waals surface area contributed by atoms with Gasteiger partial charge >= 0.3 is 11.8 Å². The minimum absolute atomic E-state index is 0.256. The topological polar surface area (TPSA) is 64.1 Å². The number of nitrogens with one attached hydrogen (secondary N) is 1. The average Bonchev–Trinajstić information content (AvgIpc) is 2.52. The standard InChI is InChI=1S/C11H12N2O3/c1-7(2)16-11(15)13-9-6-4-3-5-8(9)12-10(13)14/h3-7H,1-2H3,(H,12,14). The van der Waals surface area contributed by atoms with Gasteiger partial charge in [-0.1, -0.05) is 12.1 Å². The first-order valence-corrected chi connectivity index (χ1v) is 5.00. The highest BCUT2D eigenvalue weighted by Gasteiger charge is 2.15. The largest absolute Gasteiger partial charge is 0.446 e. The van der Waals surface area contributed by atoms with Gasteiger partial charge in [0, 0.05) is 0 Å². The number of carbonyl (C=O) groups excluding carboxylic acids is 1. The number of hydrogen-bond donors (Lipinski definition) is 1. The minimum Gasteiger partial charge on any atom is -0.446 e. The van der Waals surface area contributed by atoms with Crippen LogP contribution in [0.4, 0.5) is 4.79 Å². The van der Waals surface area contributed by atoms with Crippen LogP contribution in [0, 0.1) is 0 Å². The van der Waals surface area contributed by atoms with E-state index in [1.807, 2.05) is 0 Å². The Hall–Kier alpha value is -2.04. The summed E-state index contributed by atoms with van der Waals surface area (Å²) >= 11 is 0. The fraction of sp³-hybridized carbons (Fsp3) is 0.273. The van der Waals surface area contributed by atoms with E-state index in [1.54, 1.807) is 38.1 Å². The number of benzene rings is 1. The van der Waals surface area contributed by atoms with Crippen LogP contribution in [0.25, 0.3) is 11.0 Å². The summed E-state index contributed by atoms with van der Waals surface area (Å²) in [6, 6.07) is 6.97. The van der Waals surface area contributed by atoms with E-state index in [0.717, 1.165) is 4.57 Å². The van der Waals surface area contributed by atoms with E-state index in [1.165, 1.54) is 0 Å². The Morgan fingerprint density at radius 1 is 1.38 bits per heavy atom. The van der Waals surface area contributed by atoms with Crippen LogP contribution in [0.15, 0.2) is 29.1 Å². The van der Waals surface area contributed by atoms with Crippen LogP contribution in [0.3, 0.4) is 0 Å². The van der Waals surface area contributed by atoms with Crippen molar-refractivity contribution in [3.05, 3.63) is 34.7 Å². The van der Waals surface area contributed by atoms with Crippen molar-refractivity contribution in [3.63, 3.8) is 0 Å². The summed E-state index contributed by atoms with van der Waals surface area (Å²) in [5.74, 6) is 0. The number of para-hydroxylation sites is 2. The van der Waals surface area contributed by atoms with Crippen molar-refractivity contribution in [2.45, 2.75) is 20.0 Å². The number of ether oxygens (including phenoxy) is 1. The Bertz CT molecular complexity index is 580. The molecule has 0 saturated heterocycles. The van der Waals surface area contributed by atoms with E-state index in [-0.39, 0.29) is 6.10 Å². The Morgan fingerprint density at radius 2 is 2.06 bits per heavy atom. The van der Waals surface area contributed by atoms with Crippen LogP contribution in [0.2, 0.25) is 0 Å². The van der Waals surface area contributed by atoms with Gasteiger partial charge in [-0.05, 0) is 26.0 Å². The van der Waals surface area contributed by atoms with Gasteiger partial charge < -0.3 is 9.72 Å². The van der Waals surface area contributed by atoms with Gasteiger partial charge in [0.05, 0.1) is 17.1 Å². The van der Waals surface area contributed by atoms with Crippen molar-refractivity contribution in [1.29, 1.82) is 0 Å². The van der Waals surface area contributed by atoms with Gasteiger partial charge in [-0.2, -0.15) is 4.57 Å². The first-order valence-electron chi connectivity index (χ1n) is 5.00. The van der Waals surface area contributed by atoms with E-state index in [2.05, 4.69) is 4.98 Å². The van der Waals surface area contributed by atoms with E-state index in [4.69, 9.17) is 4.74 Å². The number of hydrogen-bond acceptors (Lipinski definition) is 3. The lowest BCUT2D eigenvalue weighted by Gasteiger charge is -2.07. The molecule has 0 aliphatic carbocycles. The maximum Gasteiger partial charge on any atom is 0.423 e. The molecule has 1 aromatic heterocycles. The molecule has 1 N–H and O–H groups in total. The lowest BCUT2D eigenvalue weighted by molar-refractivity contribution is 0.117. The summed E-state index contributed by atoms with van der Waals surface area (Å²) in [7, 11) is 0. The molecule has 2 aromatic rings. The third kappa shape index (κ3) is 1.71. The molecular formula is C11H12N2O3. The zero-order valence-corrected chi connectivity index (χ0v) is 9.06. The van der Waals surface area contributed by atoms with Crippen LogP contribution >= 0.6 is 0 Å². The number of fused-ring (bicyclic) bond motifs is 1. The van der Waals surface area contributed by atoms with Gasteiger partial charge in [-0.3, -0.25) is 0 Å². The Balaban J connectivity index is 2.55. The summed E-state index contributed by atoms with van der Waals surface area (Å²) in [5.41, 5.74) is 0.665. The van der Waals surface area contributed by atoms with Crippen molar-refractivity contribution in [2.24, 2.45) is 0 Å². The number of imidazole rings is 1. The number of H-pyrrole nitrogens is 1. The number of rotatable bonds is 1. The van der Waals surface area contributed by atoms with Crippen LogP contribution in [0.5, 0.6) is 0 Å². The van der Waals surface area contributed by atoms with Crippen molar-refractivity contribution in [3.8, 4) is 0 Å². The van der Waals surface area contributed by atoms with E-state index >= 15 is 0 Å². The summed E-state index contributed by atoms with van der Waals surface area (Å²) in [6.07, 6.45) is -0.912. The highest BCUT2D eigenvalue weighted by atomic mass is 16.6. The normalized spacial score (nSPS) is 10.9. The van der Waals surface area contributed by atoms with Gasteiger partial charge in [0.2, 0.25) is 0 Å². The van der Waals surface area contributed by atoms with Crippen LogP contribution in [-0.4, -0.2) is 21.7 Å². The first kappa shape index (κ1) is 10.5. The molecule has 0 aliphatic heterocycles. The Kier molecular flexibility index (Phi) is 2.52. The number of nitrogens with zero attached hydrogens (tertiary/aromatic N) is 1. The van der Waals surface area contributed by atoms with Crippen LogP contribution < -0.4 is 5.69 Å². The zero-order valence-electron chi connectivity index (χ0n) is 9.06. The fourth-order valence-electron chi connectivity index (χ4n) is 1.49. The predicted molar refractivity (Wildman–Crippen MR) is 59.6 cm³/mol. The number of aromatic nitrogens is 2. The molecule has 0 saturated carbocycles. The van der Waals surface area contributed by atoms with E-state index < -0.39 is 11.8 Å². The van der Waals surface area contributed by atoms with Crippen LogP contribution in [-0.2, 0) is 4.74 Å². The summed E-state index contributed by atoms with van der Waals surface area (Å²) < 4.78 is 5.98. The van der Waals surface area contributed by atoms with Gasteiger partial charge in [0.25, 0.3) is 0 Å². The molecule has 1 heterocycles. The van der Waals surface area contributed by atoms with Gasteiger partial charge in [-0.25, -0.2) is 9.59 Å². The van der Waals surface area contributed by atoms with E-state index in [9.17, 15) is 9.59 Å². The van der Waals surface area contributed by atoms with Crippen molar-refractivity contribution < 1.29 is 9.53 Å². The molecular weight excluding hydrogens is 208 g/mol. The molecule has 0 spiro atoms. The maximum absolute atomic E-state index is 11.7. The molecule has 16 heavy (non-hydrogen) atoms. The summed E-state index contributed by atoms with van der Waals surface area (Å²) in [6.45, 7) is 3.47. The Labute approximate surface area is 91.6 Å². The molecule has 2 rings (SSSR count). The Morgan fingerprint density at radius 3 is 2.75 bits per heavy atom. The molecule has 0 unspecified atom stereocenters. The molecule has 0 fully saturated rings. The quantitative estimate of drug-likeness (QED) is 0.795. The predicted octanol–water partition coefficient (Wildman–Crippen LogP) is 1.72. The summed E-state index contributed by atoms with van der Waals surface area (Å²) in [4.78, 5) is 25.8. The van der Waals surface area contributed by atoms with Crippen LogP contribution in [0.1, 0.15) is 13.8 Å². The lowest BCUT2D eigenvalue weighted by atomic mass is 10.3. The number of carbonyl (C=O) groups is 1. The highest BCUT2D eigenvalue weighted by molar-refractivity contribution is 5.86. The number of aromatic amines is 1. The molecule has 5 heteroatoms. The molecule has 0 bridgehead atoms. The minimum atomic E-state index is -0.655. The second-order valence-corrected chi connectivity index (χ2v) is 3.72. The monoisotopic (exact) mass is 220 g/mol. The first-order chi connectivity index (χ1) is 7.59. The SMILES string of the molecule is CC(C)OC(=O)n1c(=O)[nH]c2ccccc21. The van der Waals surface area contributed by atoms with Crippen molar-refractivity contribution >= 4 is 17.1 Å². The molecule has 0 amide bonds. The molecule has 5 nitrogen and oxygen atoms in total. The zero-order chi connectivity index (χ0) is 11.7. The third-order valence-electron chi connectivity index (χ3n) is 2.11. The van der Waals surface area contributed by atoms with E-state index in [0.29, 0.717) is 11.0 Å².